The third-order valence-electron chi connectivity index (χ3n) is 0.297. The molecule has 0 atom stereocenters. The molecule has 37 valence electrons. The van der Waals surface area contributed by atoms with Gasteiger partial charge in [0.2, 0.25) is 0 Å². The van der Waals surface area contributed by atoms with E-state index >= 15 is 0 Å². The average Bonchev–Trinajstić information content (AvgIpc) is 1.35. The van der Waals surface area contributed by atoms with Crippen LogP contribution in [-0.2, 0) is 32.7 Å². The Kier molecular flexibility index (Phi) is 11.8. The van der Waals surface area contributed by atoms with Crippen LogP contribution in [0, 0.1) is 4.08 Å². The van der Waals surface area contributed by atoms with Crippen molar-refractivity contribution in [3.63, 3.8) is 0 Å². The fraction of sp³-hybridized carbons (Fsp3) is 0.400. The molecule has 2 heteroatoms. The zero-order valence-electron chi connectivity index (χ0n) is 4.46. The van der Waals surface area contributed by atoms with Gasteiger partial charge in [0.25, 0.3) is 0 Å². The van der Waals surface area contributed by atoms with Gasteiger partial charge < -0.3 is 5.73 Å². The van der Waals surface area contributed by atoms with E-state index < -0.39 is 0 Å². The van der Waals surface area contributed by atoms with Crippen molar-refractivity contribution in [2.24, 2.45) is 0 Å². The predicted octanol–water partition coefficient (Wildman–Crippen LogP) is 2.30. The van der Waals surface area contributed by atoms with Crippen LogP contribution in [0.5, 0.6) is 0 Å². The van der Waals surface area contributed by atoms with Gasteiger partial charge in [0.1, 0.15) is 0 Å². The molecule has 0 aliphatic heterocycles. The first-order valence-electron chi connectivity index (χ1n) is 1.69. The molecule has 0 aromatic rings. The van der Waals surface area contributed by atoms with Crippen LogP contribution in [0.25, 0.3) is 0 Å². The van der Waals surface area contributed by atoms with Crippen LogP contribution in [0.2, 0.25) is 0 Å². The number of allylic oxidation sites excluding steroid dienone is 1. The second-order valence-electron chi connectivity index (χ2n) is 1.22. The van der Waals surface area contributed by atoms with Crippen LogP contribution < -0.4 is 0 Å². The van der Waals surface area contributed by atoms with Crippen LogP contribution in [-0.4, -0.2) is 0 Å². The SMILES string of the molecule is CC(C)=C=[C-]I.[Y]. The molecule has 0 aliphatic rings. The minimum atomic E-state index is 0. The van der Waals surface area contributed by atoms with Crippen molar-refractivity contribution in [1.29, 1.82) is 0 Å². The van der Waals surface area contributed by atoms with E-state index in [9.17, 15) is 0 Å². The largest absolute Gasteiger partial charge is 0.322 e. The van der Waals surface area contributed by atoms with E-state index in [1.165, 1.54) is 5.57 Å². The minimum absolute atomic E-state index is 0. The van der Waals surface area contributed by atoms with Gasteiger partial charge in [-0.2, -0.15) is 32.2 Å². The Morgan fingerprint density at radius 1 is 1.57 bits per heavy atom. The van der Waals surface area contributed by atoms with Gasteiger partial charge in [-0.3, -0.25) is 0 Å². The van der Waals surface area contributed by atoms with Gasteiger partial charge in [0.15, 0.2) is 0 Å². The van der Waals surface area contributed by atoms with Crippen LogP contribution in [0.4, 0.5) is 0 Å². The maximum absolute atomic E-state index is 2.86. The van der Waals surface area contributed by atoms with Gasteiger partial charge in [-0.1, -0.05) is 0 Å². The summed E-state index contributed by atoms with van der Waals surface area (Å²) >= 11 is 2.02. The van der Waals surface area contributed by atoms with Crippen molar-refractivity contribution in [3.05, 3.63) is 15.4 Å². The summed E-state index contributed by atoms with van der Waals surface area (Å²) in [5.41, 5.74) is 4.03. The summed E-state index contributed by atoms with van der Waals surface area (Å²) in [6, 6.07) is 0. The molecule has 0 aromatic heterocycles. The van der Waals surface area contributed by atoms with Gasteiger partial charge in [-0.15, -0.1) is 13.8 Å². The maximum Gasteiger partial charge on any atom is 0 e. The first-order chi connectivity index (χ1) is 2.77. The third-order valence-corrected chi connectivity index (χ3v) is 0.567. The molecule has 0 aromatic carbocycles. The van der Waals surface area contributed by atoms with E-state index in [1.807, 2.05) is 36.4 Å². The summed E-state index contributed by atoms with van der Waals surface area (Å²) in [4.78, 5) is 0. The summed E-state index contributed by atoms with van der Waals surface area (Å²) in [6.45, 7) is 3.98. The molecule has 0 amide bonds. The Balaban J connectivity index is 0. The maximum atomic E-state index is 2.86. The molecule has 1 radical (unpaired) electrons. The average molecular weight is 282 g/mol. The smallest absolute Gasteiger partial charge is 0 e. The Hall–Kier alpha value is 1.35. The van der Waals surface area contributed by atoms with Crippen LogP contribution >= 0.6 is 22.6 Å². The Bertz CT molecular complexity index is 86.3. The molecule has 7 heavy (non-hydrogen) atoms. The fourth-order valence-electron chi connectivity index (χ4n) is 0.0945. The van der Waals surface area contributed by atoms with E-state index in [0.717, 1.165) is 0 Å². The summed E-state index contributed by atoms with van der Waals surface area (Å²) < 4.78 is 2.75. The van der Waals surface area contributed by atoms with E-state index in [1.54, 1.807) is 0 Å². The second-order valence-corrected chi connectivity index (χ2v) is 1.76. The summed E-state index contributed by atoms with van der Waals surface area (Å²) in [6.07, 6.45) is 0. The Labute approximate surface area is 83.5 Å². The van der Waals surface area contributed by atoms with Crippen LogP contribution in [0.1, 0.15) is 13.8 Å². The van der Waals surface area contributed by atoms with Crippen molar-refractivity contribution in [2.75, 3.05) is 0 Å². The molecule has 0 saturated heterocycles. The molecule has 0 rings (SSSR count). The van der Waals surface area contributed by atoms with Gasteiger partial charge in [0, 0.05) is 32.7 Å². The monoisotopic (exact) mass is 282 g/mol. The van der Waals surface area contributed by atoms with Crippen molar-refractivity contribution in [2.45, 2.75) is 13.8 Å². The Morgan fingerprint density at radius 3 is 2.00 bits per heavy atom. The quantitative estimate of drug-likeness (QED) is 0.363. The molecular formula is C5H6IY-. The molecule has 0 bridgehead atoms. The van der Waals surface area contributed by atoms with E-state index in [2.05, 4.69) is 9.81 Å². The summed E-state index contributed by atoms with van der Waals surface area (Å²) in [5, 5.41) is 0. The van der Waals surface area contributed by atoms with Crippen molar-refractivity contribution in [1.82, 2.24) is 0 Å². The zero-order chi connectivity index (χ0) is 4.99. The number of halogens is 1. The fourth-order valence-corrected chi connectivity index (χ4v) is 0.634. The standard InChI is InChI=1S/C5H6I.Y/c1-5(2)3-4-6;/h1-2H3;/q-1;. The van der Waals surface area contributed by atoms with Crippen molar-refractivity contribution >= 4 is 22.6 Å². The van der Waals surface area contributed by atoms with Crippen LogP contribution in [0.3, 0.4) is 0 Å². The topological polar surface area (TPSA) is 0 Å². The molecule has 0 nitrogen and oxygen atoms in total. The molecule has 0 fully saturated rings. The molecule has 0 aliphatic carbocycles. The number of hydrogen-bond donors (Lipinski definition) is 0. The molecule has 0 heterocycles. The summed E-state index contributed by atoms with van der Waals surface area (Å²) in [7, 11) is 0. The first kappa shape index (κ1) is 11.2. The third kappa shape index (κ3) is 11.1. The second kappa shape index (κ2) is 7.35. The molecule has 0 saturated carbocycles. The van der Waals surface area contributed by atoms with Crippen molar-refractivity contribution in [3.8, 4) is 0 Å². The molecule has 0 N–H and O–H groups in total. The molecular weight excluding hydrogens is 276 g/mol. The van der Waals surface area contributed by atoms with Gasteiger partial charge in [-0.25, -0.2) is 0 Å². The predicted molar refractivity (Wildman–Crippen MR) is 35.6 cm³/mol. The number of rotatable bonds is 0. The van der Waals surface area contributed by atoms with Gasteiger partial charge >= 0.3 is 0 Å². The van der Waals surface area contributed by atoms with Crippen LogP contribution in [0.15, 0.2) is 11.3 Å². The molecule has 0 spiro atoms. The summed E-state index contributed by atoms with van der Waals surface area (Å²) in [5.74, 6) is 0. The first-order valence-corrected chi connectivity index (χ1v) is 2.77. The van der Waals surface area contributed by atoms with Crippen molar-refractivity contribution < 1.29 is 32.7 Å². The van der Waals surface area contributed by atoms with E-state index in [-0.39, 0.29) is 32.7 Å². The van der Waals surface area contributed by atoms with Gasteiger partial charge in [0.05, 0.1) is 0 Å². The zero-order valence-corrected chi connectivity index (χ0v) is 9.45. The normalized spacial score (nSPS) is 5.57. The van der Waals surface area contributed by atoms with E-state index in [4.69, 9.17) is 0 Å². The van der Waals surface area contributed by atoms with Gasteiger partial charge in [-0.05, 0) is 0 Å². The Morgan fingerprint density at radius 2 is 2.00 bits per heavy atom. The van der Waals surface area contributed by atoms with E-state index in [0.29, 0.717) is 0 Å². The minimum Gasteiger partial charge on any atom is -0.322 e. The number of hydrogen-bond acceptors (Lipinski definition) is 0. The molecule has 0 unspecified atom stereocenters.